The van der Waals surface area contributed by atoms with Crippen LogP contribution in [0.3, 0.4) is 0 Å². The number of carbonyl (C=O) groups excluding carboxylic acids is 13. The molecule has 7 aromatic rings. The molecule has 0 saturated heterocycles. The minimum Gasteiger partial charge on any atom is -0.870 e. The van der Waals surface area contributed by atoms with Crippen molar-refractivity contribution in [2.24, 2.45) is 21.5 Å². The fraction of sp³-hybridized carbons (Fsp3) is 0.397. The molecule has 0 saturated carbocycles. The van der Waals surface area contributed by atoms with E-state index in [1.54, 1.807) is 63.6 Å². The van der Waals surface area contributed by atoms with Crippen LogP contribution in [0.15, 0.2) is 88.0 Å². The Hall–Kier alpha value is -10.9. The molecule has 0 unspecified atom stereocenters. The van der Waals surface area contributed by atoms with E-state index in [2.05, 4.69) is 56.5 Å². The maximum Gasteiger partial charge on any atom is 1.00 e. The fourth-order valence-electron chi connectivity index (χ4n) is 8.55. The number of aliphatic imine (C=N–C) groups is 2. The molecular formula is C68H88Cl3F3N19NaO17. The summed E-state index contributed by atoms with van der Waals surface area (Å²) in [5.41, 5.74) is 19.3. The molecule has 0 fully saturated rings. The van der Waals surface area contributed by atoms with E-state index in [1.807, 2.05) is 48.5 Å². The molecule has 111 heavy (non-hydrogen) atoms. The van der Waals surface area contributed by atoms with E-state index in [9.17, 15) is 46.7 Å². The molecule has 0 bridgehead atoms. The Balaban J connectivity index is -0.000000671. The molecule has 3 aromatic carbocycles. The first-order chi connectivity index (χ1) is 51.0. The fourth-order valence-corrected chi connectivity index (χ4v) is 9.14. The van der Waals surface area contributed by atoms with Crippen LogP contribution in [0.1, 0.15) is 110 Å². The Morgan fingerprint density at radius 1 is 0.640 bits per heavy atom. The Bertz CT molecular complexity index is 4330. The number of halogens is 6. The van der Waals surface area contributed by atoms with Gasteiger partial charge in [-0.3, -0.25) is 57.6 Å². The Morgan fingerprint density at radius 2 is 1.05 bits per heavy atom. The molecule has 0 aliphatic carbocycles. The summed E-state index contributed by atoms with van der Waals surface area (Å²) in [7, 11) is 1.56. The van der Waals surface area contributed by atoms with Gasteiger partial charge >= 0.3 is 60.1 Å². The van der Waals surface area contributed by atoms with E-state index in [0.717, 1.165) is 17.5 Å². The number of Topliss-reactive ketones (excluding diaryl/α,β-unsaturated/α-hetero) is 1. The number of ketones is 1. The maximum atomic E-state index is 14.0. The molecule has 600 valence electrons. The zero-order valence-electron chi connectivity index (χ0n) is 61.8. The van der Waals surface area contributed by atoms with Crippen LogP contribution < -0.4 is 73.6 Å². The van der Waals surface area contributed by atoms with Crippen LogP contribution in [-0.4, -0.2) is 176 Å². The van der Waals surface area contributed by atoms with Gasteiger partial charge in [0, 0.05) is 91.9 Å². The average molecular weight is 1630 g/mol. The van der Waals surface area contributed by atoms with Crippen LogP contribution in [0.4, 0.5) is 30.8 Å². The standard InChI is InChI=1S/C22H30ClFN6O2.C19H21ClFN7O3.C13H17ClFNO.C9H15N5O2.4CO2.CH4.Na.H2O/c1-5-15-11-29(28-22(15)27-18(25)6-2)13-20(32)30(14(3)4)12-19(31)26-10-16-8-7-9-17(23)21(16)24;1-10(2)28(8-14(29)23-6-11-4-3-5-13(20)16(11)21)15(30)9-27-7-12-17(26-27)24-19(22)25-18(12)31;1-9(2)16-8-11(17)7-6-10-4-3-5-12(14)13(10)15;1-3-6-4-14(5-7(15)16)13-8(6)12-9(10)11-2;4*2-1-3;;;/h7-9,11,14H,5-6,10,12-13H2,1-4H3,(H,26,31)(H2,25,27,28);3-5,7,10H,6,8-9H2,1-2H3,(H,23,29)(H3,22,24,25,26,31);3-5,9,16H,6-8H2,1-2H3;4H,3,5H2,1-2H3,(H,15,16)(H3,10,11,12,13);;;;;1H4;;1H2/q;;;;;;;;;+1;/p-1. The van der Waals surface area contributed by atoms with Gasteiger partial charge in [0.05, 0.1) is 34.7 Å². The number of aliphatic carboxylic acids is 1. The topological polar surface area (TPSA) is 546 Å². The van der Waals surface area contributed by atoms with Crippen molar-refractivity contribution in [2.75, 3.05) is 37.7 Å². The first-order valence-corrected chi connectivity index (χ1v) is 33.2. The molecule has 4 heterocycles. The minimum absolute atomic E-state index is 0. The number of aromatic amines is 1. The SMILES string of the molecule is C.CC(C)N(CC(=O)NCc1cccc(Cl)c1F)C(=O)Cn1cc2c(=O)[nH]c(N)nc2n1.CC(C)NCC(=O)CCc1cccc(Cl)c1F.CCC(N)=Nc1nn(CC(=O)N(CC(=O)NCc2cccc(Cl)c2F)C(C)C)cc1CC.CCc1cn(CC(=O)O)nc1NC(N)=NC.O=C=O.O=C=O.O=C=O.O=C=O.[Na+].[OH-]. The molecular weight excluding hydrogens is 1540 g/mol. The van der Waals surface area contributed by atoms with Gasteiger partial charge < -0.3 is 58.9 Å². The number of carboxylic acid groups (broad SMARTS) is 1. The van der Waals surface area contributed by atoms with Crippen LogP contribution >= 0.6 is 34.8 Å². The number of nitrogens with zero attached hydrogens (tertiary/aromatic N) is 11. The van der Waals surface area contributed by atoms with Gasteiger partial charge in [0.1, 0.15) is 54.1 Å². The maximum absolute atomic E-state index is 14.0. The number of hydrogen-bond acceptors (Lipinski definition) is 24. The molecule has 0 atom stereocenters. The molecule has 13 N–H and O–H groups in total. The van der Waals surface area contributed by atoms with Crippen LogP contribution in [0.25, 0.3) is 11.0 Å². The van der Waals surface area contributed by atoms with Crippen molar-refractivity contribution in [3.8, 4) is 0 Å². The number of nitrogen functional groups attached to an aromatic ring is 1. The molecule has 0 aliphatic heterocycles. The first-order valence-electron chi connectivity index (χ1n) is 32.1. The van der Waals surface area contributed by atoms with Gasteiger partial charge in [0.2, 0.25) is 29.6 Å². The number of anilines is 2. The summed E-state index contributed by atoms with van der Waals surface area (Å²) in [4.78, 5) is 167. The molecule has 7 rings (SSSR count). The number of fused-ring (bicyclic) bond motifs is 1. The smallest absolute Gasteiger partial charge is 0.870 e. The number of nitrogens with two attached hydrogens (primary N) is 3. The largest absolute Gasteiger partial charge is 1.00 e. The summed E-state index contributed by atoms with van der Waals surface area (Å²) in [6.45, 7) is 16.4. The number of aryl methyl sites for hydroxylation is 3. The van der Waals surface area contributed by atoms with E-state index in [-0.39, 0.29) is 192 Å². The van der Waals surface area contributed by atoms with Crippen molar-refractivity contribution >= 4 is 135 Å². The van der Waals surface area contributed by atoms with E-state index >= 15 is 0 Å². The quantitative estimate of drug-likeness (QED) is 0.0202. The number of aromatic nitrogens is 8. The molecule has 4 amide bonds. The second kappa shape index (κ2) is 58.1. The molecule has 0 aliphatic rings. The number of carboxylic acids is 1. The van der Waals surface area contributed by atoms with Gasteiger partial charge in [-0.05, 0) is 70.7 Å². The van der Waals surface area contributed by atoms with E-state index < -0.39 is 46.7 Å². The number of guanidine groups is 1. The first kappa shape index (κ1) is 106. The normalized spacial score (nSPS) is 10.1. The summed E-state index contributed by atoms with van der Waals surface area (Å²) in [5.74, 6) is -2.29. The predicted molar refractivity (Wildman–Crippen MR) is 393 cm³/mol. The number of amidine groups is 1. The monoisotopic (exact) mass is 1630 g/mol. The summed E-state index contributed by atoms with van der Waals surface area (Å²) in [5, 5.41) is 32.5. The molecule has 43 heteroatoms. The number of amides is 4. The summed E-state index contributed by atoms with van der Waals surface area (Å²) in [6, 6.07) is 13.7. The minimum atomic E-state index is -0.936. The van der Waals surface area contributed by atoms with Crippen LogP contribution in [-0.2, 0) is 119 Å². The molecule has 4 aromatic heterocycles. The van der Waals surface area contributed by atoms with Crippen LogP contribution in [0, 0.1) is 17.5 Å². The zero-order valence-corrected chi connectivity index (χ0v) is 66.1. The van der Waals surface area contributed by atoms with E-state index in [4.69, 9.17) is 95.5 Å². The zero-order chi connectivity index (χ0) is 82.3. The van der Waals surface area contributed by atoms with Gasteiger partial charge in [0.25, 0.3) is 5.56 Å². The molecule has 0 radical (unpaired) electrons. The summed E-state index contributed by atoms with van der Waals surface area (Å²) >= 11 is 17.2. The van der Waals surface area contributed by atoms with Crippen molar-refractivity contribution < 1.29 is 120 Å². The van der Waals surface area contributed by atoms with Gasteiger partial charge in [-0.15, -0.1) is 0 Å². The third-order valence-corrected chi connectivity index (χ3v) is 14.7. The van der Waals surface area contributed by atoms with E-state index in [0.29, 0.717) is 55.3 Å². The number of hydrogen-bond donors (Lipinski definition) is 9. The number of carbonyl (C=O) groups is 6. The third kappa shape index (κ3) is 40.9. The van der Waals surface area contributed by atoms with Crippen molar-refractivity contribution in [1.29, 1.82) is 0 Å². The predicted octanol–water partition coefficient (Wildman–Crippen LogP) is 2.23. The number of nitrogens with one attached hydrogen (secondary N) is 5. The van der Waals surface area contributed by atoms with Gasteiger partial charge in [-0.25, -0.2) is 18.2 Å². The van der Waals surface area contributed by atoms with Crippen molar-refractivity contribution in [2.45, 2.75) is 153 Å². The molecule has 36 nitrogen and oxygen atoms in total. The van der Waals surface area contributed by atoms with Gasteiger partial charge in [-0.2, -0.15) is 58.6 Å². The van der Waals surface area contributed by atoms with E-state index in [1.165, 1.54) is 54.3 Å². The number of H-pyrrole nitrogens is 1. The Labute approximate surface area is 672 Å². The summed E-state index contributed by atoms with van der Waals surface area (Å²) in [6.07, 6.45) is 8.59. The van der Waals surface area contributed by atoms with Crippen molar-refractivity contribution in [1.82, 2.24) is 65.1 Å². The van der Waals surface area contributed by atoms with Crippen LogP contribution in [0.2, 0.25) is 15.1 Å². The van der Waals surface area contributed by atoms with Gasteiger partial charge in [-0.1, -0.05) is 113 Å². The average Bonchev–Trinajstić information content (AvgIpc) is 1.63. The second-order valence-corrected chi connectivity index (χ2v) is 23.7. The summed E-state index contributed by atoms with van der Waals surface area (Å²) < 4.78 is 45.6. The molecule has 0 spiro atoms. The van der Waals surface area contributed by atoms with Crippen molar-refractivity contribution in [3.63, 3.8) is 0 Å². The Morgan fingerprint density at radius 3 is 1.46 bits per heavy atom. The number of rotatable bonds is 27. The second-order valence-electron chi connectivity index (χ2n) is 22.5. The third-order valence-electron chi connectivity index (χ3n) is 13.8. The van der Waals surface area contributed by atoms with Gasteiger partial charge in [0.15, 0.2) is 23.2 Å². The Kier molecular flexibility index (Phi) is 55.7. The number of benzene rings is 3. The van der Waals surface area contributed by atoms with Crippen molar-refractivity contribution in [3.05, 3.63) is 144 Å². The van der Waals surface area contributed by atoms with Crippen LogP contribution in [0.5, 0.6) is 0 Å².